The van der Waals surface area contributed by atoms with Gasteiger partial charge in [-0.3, -0.25) is 4.79 Å². The standard InChI is InChI=1S/C19H22N2O3/c22-16-3-1-2-4-17(16)24-14-8-7-12-9-10-20-18(15(12)11-14)21-19(23)13-5-6-13/h7-11,13,16-17,22H,1-6H2,(H,20,21,23)/t16-,17-/m1/s1. The number of fused-ring (bicyclic) bond motifs is 1. The van der Waals surface area contributed by atoms with Crippen LogP contribution in [0.25, 0.3) is 10.8 Å². The Labute approximate surface area is 141 Å². The van der Waals surface area contributed by atoms with Gasteiger partial charge in [0.1, 0.15) is 17.7 Å². The molecule has 2 atom stereocenters. The third kappa shape index (κ3) is 3.22. The highest BCUT2D eigenvalue weighted by Crippen LogP contribution is 2.32. The molecule has 126 valence electrons. The van der Waals surface area contributed by atoms with Crippen LogP contribution in [0, 0.1) is 5.92 Å². The van der Waals surface area contributed by atoms with E-state index in [2.05, 4.69) is 10.3 Å². The van der Waals surface area contributed by atoms with Gasteiger partial charge in [-0.1, -0.05) is 12.5 Å². The molecule has 0 unspecified atom stereocenters. The fourth-order valence-electron chi connectivity index (χ4n) is 3.27. The summed E-state index contributed by atoms with van der Waals surface area (Å²) >= 11 is 0. The first-order chi connectivity index (χ1) is 11.7. The molecule has 24 heavy (non-hydrogen) atoms. The van der Waals surface area contributed by atoms with Crippen LogP contribution in [0.2, 0.25) is 0 Å². The van der Waals surface area contributed by atoms with Gasteiger partial charge in [0.25, 0.3) is 0 Å². The Balaban J connectivity index is 1.59. The number of hydrogen-bond donors (Lipinski definition) is 2. The van der Waals surface area contributed by atoms with E-state index in [1.165, 1.54) is 0 Å². The number of carbonyl (C=O) groups excluding carboxylic acids is 1. The van der Waals surface area contributed by atoms with Crippen LogP contribution in [0.3, 0.4) is 0 Å². The van der Waals surface area contributed by atoms with Gasteiger partial charge in [0.05, 0.1) is 6.10 Å². The van der Waals surface area contributed by atoms with Crippen molar-refractivity contribution in [1.29, 1.82) is 0 Å². The molecular formula is C19H22N2O3. The molecule has 2 fully saturated rings. The Morgan fingerprint density at radius 2 is 2.00 bits per heavy atom. The number of rotatable bonds is 4. The number of amides is 1. The van der Waals surface area contributed by atoms with Gasteiger partial charge < -0.3 is 15.2 Å². The van der Waals surface area contributed by atoms with E-state index in [0.717, 1.165) is 49.3 Å². The molecule has 0 saturated heterocycles. The molecule has 2 aliphatic carbocycles. The molecular weight excluding hydrogens is 304 g/mol. The van der Waals surface area contributed by atoms with Crippen molar-refractivity contribution in [1.82, 2.24) is 4.98 Å². The number of hydrogen-bond acceptors (Lipinski definition) is 4. The van der Waals surface area contributed by atoms with E-state index >= 15 is 0 Å². The molecule has 2 N–H and O–H groups in total. The van der Waals surface area contributed by atoms with Crippen LogP contribution < -0.4 is 10.1 Å². The number of aliphatic hydroxyl groups excluding tert-OH is 1. The number of ether oxygens (including phenoxy) is 1. The predicted octanol–water partition coefficient (Wildman–Crippen LogP) is 3.27. The zero-order valence-corrected chi connectivity index (χ0v) is 13.6. The molecule has 1 aromatic carbocycles. The van der Waals surface area contributed by atoms with Gasteiger partial charge in [0.2, 0.25) is 5.91 Å². The molecule has 1 amide bonds. The maximum absolute atomic E-state index is 12.0. The molecule has 2 aromatic rings. The summed E-state index contributed by atoms with van der Waals surface area (Å²) in [4.78, 5) is 16.4. The lowest BCUT2D eigenvalue weighted by atomic mass is 9.95. The summed E-state index contributed by atoms with van der Waals surface area (Å²) in [6.45, 7) is 0. The van der Waals surface area contributed by atoms with Crippen molar-refractivity contribution < 1.29 is 14.6 Å². The number of nitrogens with zero attached hydrogens (tertiary/aromatic N) is 1. The maximum atomic E-state index is 12.0. The normalized spacial score (nSPS) is 23.9. The fraction of sp³-hybridized carbons (Fsp3) is 0.474. The van der Waals surface area contributed by atoms with E-state index in [4.69, 9.17) is 4.74 Å². The Kier molecular flexibility index (Phi) is 4.10. The van der Waals surface area contributed by atoms with E-state index in [1.54, 1.807) is 6.20 Å². The summed E-state index contributed by atoms with van der Waals surface area (Å²) in [5.74, 6) is 1.48. The first kappa shape index (κ1) is 15.4. The van der Waals surface area contributed by atoms with Gasteiger partial charge in [-0.25, -0.2) is 4.98 Å². The number of nitrogens with one attached hydrogen (secondary N) is 1. The molecule has 0 radical (unpaired) electrons. The minimum atomic E-state index is -0.405. The van der Waals surface area contributed by atoms with E-state index in [-0.39, 0.29) is 17.9 Å². The zero-order valence-electron chi connectivity index (χ0n) is 13.6. The predicted molar refractivity (Wildman–Crippen MR) is 92.0 cm³/mol. The van der Waals surface area contributed by atoms with Crippen molar-refractivity contribution >= 4 is 22.5 Å². The number of benzene rings is 1. The van der Waals surface area contributed by atoms with Gasteiger partial charge in [-0.2, -0.15) is 0 Å². The Hall–Kier alpha value is -2.14. The van der Waals surface area contributed by atoms with E-state index in [1.807, 2.05) is 24.3 Å². The summed E-state index contributed by atoms with van der Waals surface area (Å²) < 4.78 is 6.00. The van der Waals surface area contributed by atoms with Crippen molar-refractivity contribution in [3.05, 3.63) is 30.5 Å². The lowest BCUT2D eigenvalue weighted by Crippen LogP contribution is -2.34. The van der Waals surface area contributed by atoms with Crippen LogP contribution in [-0.4, -0.2) is 28.2 Å². The van der Waals surface area contributed by atoms with Crippen molar-refractivity contribution in [2.45, 2.75) is 50.7 Å². The van der Waals surface area contributed by atoms with Crippen LogP contribution in [0.5, 0.6) is 5.75 Å². The summed E-state index contributed by atoms with van der Waals surface area (Å²) in [6.07, 6.45) is 6.88. The second-order valence-electron chi connectivity index (χ2n) is 6.81. The van der Waals surface area contributed by atoms with E-state index < -0.39 is 6.10 Å². The SMILES string of the molecule is O=C(Nc1nccc2ccc(O[C@@H]3CCCC[C@H]3O)cc12)C1CC1. The number of carbonyl (C=O) groups is 1. The second kappa shape index (κ2) is 6.40. The van der Waals surface area contributed by atoms with Crippen molar-refractivity contribution in [2.75, 3.05) is 5.32 Å². The summed E-state index contributed by atoms with van der Waals surface area (Å²) in [7, 11) is 0. The second-order valence-corrected chi connectivity index (χ2v) is 6.81. The Morgan fingerprint density at radius 3 is 2.79 bits per heavy atom. The molecule has 4 rings (SSSR count). The largest absolute Gasteiger partial charge is 0.488 e. The van der Waals surface area contributed by atoms with Crippen LogP contribution in [-0.2, 0) is 4.79 Å². The van der Waals surface area contributed by atoms with Crippen LogP contribution in [0.4, 0.5) is 5.82 Å². The smallest absolute Gasteiger partial charge is 0.228 e. The minimum Gasteiger partial charge on any atom is -0.488 e. The Bertz CT molecular complexity index is 757. The van der Waals surface area contributed by atoms with Crippen molar-refractivity contribution in [3.63, 3.8) is 0 Å². The minimum absolute atomic E-state index is 0.0454. The van der Waals surface area contributed by atoms with Gasteiger partial charge in [0.15, 0.2) is 0 Å². The highest BCUT2D eigenvalue weighted by atomic mass is 16.5. The molecule has 1 heterocycles. The van der Waals surface area contributed by atoms with Crippen molar-refractivity contribution in [3.8, 4) is 5.75 Å². The van der Waals surface area contributed by atoms with Gasteiger partial charge in [0, 0.05) is 17.5 Å². The fourth-order valence-corrected chi connectivity index (χ4v) is 3.27. The van der Waals surface area contributed by atoms with Crippen molar-refractivity contribution in [2.24, 2.45) is 5.92 Å². The monoisotopic (exact) mass is 326 g/mol. The molecule has 5 nitrogen and oxygen atoms in total. The molecule has 2 saturated carbocycles. The van der Waals surface area contributed by atoms with Gasteiger partial charge in [-0.05, 0) is 55.7 Å². The third-order valence-corrected chi connectivity index (χ3v) is 4.88. The van der Waals surface area contributed by atoms with Crippen LogP contribution in [0.1, 0.15) is 38.5 Å². The first-order valence-electron chi connectivity index (χ1n) is 8.75. The average Bonchev–Trinajstić information content (AvgIpc) is 3.42. The lowest BCUT2D eigenvalue weighted by Gasteiger charge is -2.28. The number of anilines is 1. The molecule has 0 aliphatic heterocycles. The Morgan fingerprint density at radius 1 is 1.17 bits per heavy atom. The van der Waals surface area contributed by atoms with Crippen LogP contribution >= 0.6 is 0 Å². The lowest BCUT2D eigenvalue weighted by molar-refractivity contribution is -0.117. The number of aliphatic hydroxyl groups is 1. The molecule has 5 heteroatoms. The molecule has 0 bridgehead atoms. The topological polar surface area (TPSA) is 71.5 Å². The number of aromatic nitrogens is 1. The van der Waals surface area contributed by atoms with E-state index in [9.17, 15) is 9.90 Å². The quantitative estimate of drug-likeness (QED) is 0.904. The van der Waals surface area contributed by atoms with Gasteiger partial charge in [-0.15, -0.1) is 0 Å². The highest BCUT2D eigenvalue weighted by Gasteiger charge is 2.30. The average molecular weight is 326 g/mol. The van der Waals surface area contributed by atoms with Gasteiger partial charge >= 0.3 is 0 Å². The summed E-state index contributed by atoms with van der Waals surface area (Å²) in [6, 6.07) is 7.71. The van der Waals surface area contributed by atoms with Crippen LogP contribution in [0.15, 0.2) is 30.5 Å². The van der Waals surface area contributed by atoms with E-state index in [0.29, 0.717) is 11.6 Å². The molecule has 2 aliphatic rings. The highest BCUT2D eigenvalue weighted by molar-refractivity contribution is 6.02. The maximum Gasteiger partial charge on any atom is 0.228 e. The third-order valence-electron chi connectivity index (χ3n) is 4.88. The molecule has 1 aromatic heterocycles. The first-order valence-corrected chi connectivity index (χ1v) is 8.75. The number of pyridine rings is 1. The summed E-state index contributed by atoms with van der Waals surface area (Å²) in [5.41, 5.74) is 0. The summed E-state index contributed by atoms with van der Waals surface area (Å²) in [5, 5.41) is 14.9. The molecule has 0 spiro atoms. The zero-order chi connectivity index (χ0) is 16.5.